The van der Waals surface area contributed by atoms with E-state index in [9.17, 15) is 5.11 Å². The molecule has 13 heavy (non-hydrogen) atoms. The Morgan fingerprint density at radius 2 is 2.08 bits per heavy atom. The molecule has 2 rings (SSSR count). The van der Waals surface area contributed by atoms with Crippen molar-refractivity contribution >= 4 is 0 Å². The molecule has 2 fully saturated rings. The molecule has 4 atom stereocenters. The van der Waals surface area contributed by atoms with Crippen LogP contribution in [-0.2, 0) is 9.47 Å². The van der Waals surface area contributed by atoms with E-state index in [1.54, 1.807) is 7.11 Å². The molecule has 0 amide bonds. The second-order valence-corrected chi connectivity index (χ2v) is 4.22. The molecule has 0 bridgehead atoms. The number of hydrogen-bond acceptors (Lipinski definition) is 3. The van der Waals surface area contributed by atoms with Crippen molar-refractivity contribution in [3.8, 4) is 0 Å². The van der Waals surface area contributed by atoms with Gasteiger partial charge in [-0.3, -0.25) is 0 Å². The van der Waals surface area contributed by atoms with E-state index in [0.717, 1.165) is 32.3 Å². The van der Waals surface area contributed by atoms with Gasteiger partial charge in [-0.1, -0.05) is 0 Å². The minimum Gasteiger partial charge on any atom is -0.393 e. The van der Waals surface area contributed by atoms with Crippen LogP contribution >= 0.6 is 0 Å². The monoisotopic (exact) mass is 186 g/mol. The molecule has 0 radical (unpaired) electrons. The van der Waals surface area contributed by atoms with Crippen LogP contribution in [0.5, 0.6) is 0 Å². The summed E-state index contributed by atoms with van der Waals surface area (Å²) < 4.78 is 10.7. The molecule has 0 aromatic rings. The summed E-state index contributed by atoms with van der Waals surface area (Å²) in [7, 11) is 1.70. The third-order valence-corrected chi connectivity index (χ3v) is 3.37. The average Bonchev–Trinajstić information content (AvgIpc) is 2.17. The molecule has 1 saturated heterocycles. The van der Waals surface area contributed by atoms with Crippen LogP contribution in [0.15, 0.2) is 0 Å². The largest absolute Gasteiger partial charge is 0.393 e. The van der Waals surface area contributed by atoms with Crippen LogP contribution in [0.1, 0.15) is 25.7 Å². The highest BCUT2D eigenvalue weighted by Gasteiger charge is 2.35. The van der Waals surface area contributed by atoms with Crippen LogP contribution in [0.2, 0.25) is 0 Å². The Hall–Kier alpha value is -0.120. The van der Waals surface area contributed by atoms with Gasteiger partial charge in [-0.15, -0.1) is 0 Å². The molecule has 1 unspecified atom stereocenters. The molecule has 1 heterocycles. The molecular formula is C10H18O3. The van der Waals surface area contributed by atoms with Crippen molar-refractivity contribution in [2.75, 3.05) is 13.7 Å². The van der Waals surface area contributed by atoms with E-state index in [0.29, 0.717) is 11.8 Å². The third-order valence-electron chi connectivity index (χ3n) is 3.37. The summed E-state index contributed by atoms with van der Waals surface area (Å²) in [6.07, 6.45) is 3.92. The van der Waals surface area contributed by atoms with Crippen LogP contribution in [0, 0.1) is 11.8 Å². The SMILES string of the molecule is CO[C@@H]1C[C@@H]2CCC(O)C[C@H]2CO1. The maximum Gasteiger partial charge on any atom is 0.157 e. The summed E-state index contributed by atoms with van der Waals surface area (Å²) >= 11 is 0. The fraction of sp³-hybridized carbons (Fsp3) is 1.00. The summed E-state index contributed by atoms with van der Waals surface area (Å²) in [4.78, 5) is 0. The summed E-state index contributed by atoms with van der Waals surface area (Å²) in [5, 5.41) is 9.48. The zero-order valence-corrected chi connectivity index (χ0v) is 8.11. The Bertz CT molecular complexity index is 172. The van der Waals surface area contributed by atoms with E-state index < -0.39 is 0 Å². The Labute approximate surface area is 79.0 Å². The van der Waals surface area contributed by atoms with Crippen molar-refractivity contribution in [1.29, 1.82) is 0 Å². The average molecular weight is 186 g/mol. The van der Waals surface area contributed by atoms with E-state index in [1.165, 1.54) is 0 Å². The Morgan fingerprint density at radius 1 is 1.23 bits per heavy atom. The van der Waals surface area contributed by atoms with Gasteiger partial charge < -0.3 is 14.6 Å². The Balaban J connectivity index is 1.90. The number of rotatable bonds is 1. The predicted octanol–water partition coefficient (Wildman–Crippen LogP) is 1.16. The number of ether oxygens (including phenoxy) is 2. The van der Waals surface area contributed by atoms with Crippen molar-refractivity contribution in [1.82, 2.24) is 0 Å². The molecule has 3 nitrogen and oxygen atoms in total. The van der Waals surface area contributed by atoms with Gasteiger partial charge in [0.2, 0.25) is 0 Å². The molecule has 1 saturated carbocycles. The minimum atomic E-state index is -0.0936. The second-order valence-electron chi connectivity index (χ2n) is 4.22. The highest BCUT2D eigenvalue weighted by molar-refractivity contribution is 4.83. The van der Waals surface area contributed by atoms with Gasteiger partial charge in [0.1, 0.15) is 0 Å². The first-order chi connectivity index (χ1) is 6.29. The molecule has 2 aliphatic rings. The third kappa shape index (κ3) is 2.03. The predicted molar refractivity (Wildman–Crippen MR) is 48.2 cm³/mol. The van der Waals surface area contributed by atoms with Crippen molar-refractivity contribution in [3.05, 3.63) is 0 Å². The summed E-state index contributed by atoms with van der Waals surface area (Å²) in [5.41, 5.74) is 0. The van der Waals surface area contributed by atoms with Crippen molar-refractivity contribution in [2.24, 2.45) is 11.8 Å². The normalized spacial score (nSPS) is 45.7. The zero-order chi connectivity index (χ0) is 9.26. The molecule has 0 spiro atoms. The van der Waals surface area contributed by atoms with Crippen LogP contribution in [-0.4, -0.2) is 31.2 Å². The van der Waals surface area contributed by atoms with Gasteiger partial charge in [0.05, 0.1) is 12.7 Å². The fourth-order valence-corrected chi connectivity index (χ4v) is 2.53. The summed E-state index contributed by atoms with van der Waals surface area (Å²) in [5.74, 6) is 1.28. The van der Waals surface area contributed by atoms with E-state index in [1.807, 2.05) is 0 Å². The lowest BCUT2D eigenvalue weighted by Crippen LogP contribution is -2.39. The van der Waals surface area contributed by atoms with E-state index in [4.69, 9.17) is 9.47 Å². The van der Waals surface area contributed by atoms with Gasteiger partial charge >= 0.3 is 0 Å². The number of methoxy groups -OCH3 is 1. The van der Waals surface area contributed by atoms with Crippen LogP contribution in [0.25, 0.3) is 0 Å². The van der Waals surface area contributed by atoms with Crippen molar-refractivity contribution in [2.45, 2.75) is 38.1 Å². The maximum absolute atomic E-state index is 9.48. The molecule has 1 aliphatic carbocycles. The van der Waals surface area contributed by atoms with E-state index in [2.05, 4.69) is 0 Å². The topological polar surface area (TPSA) is 38.7 Å². The zero-order valence-electron chi connectivity index (χ0n) is 8.11. The summed E-state index contributed by atoms with van der Waals surface area (Å²) in [6.45, 7) is 0.764. The first-order valence-corrected chi connectivity index (χ1v) is 5.12. The molecule has 1 N–H and O–H groups in total. The number of fused-ring (bicyclic) bond motifs is 1. The standard InChI is InChI=1S/C10H18O3/c1-12-10-5-7-2-3-9(11)4-8(7)6-13-10/h7-11H,2-6H2,1H3/t7-,8-,9?,10-/m0/s1. The maximum atomic E-state index is 9.48. The van der Waals surface area contributed by atoms with Gasteiger partial charge in [0.25, 0.3) is 0 Å². The van der Waals surface area contributed by atoms with Gasteiger partial charge in [0.15, 0.2) is 6.29 Å². The van der Waals surface area contributed by atoms with Crippen LogP contribution < -0.4 is 0 Å². The smallest absolute Gasteiger partial charge is 0.157 e. The number of aliphatic hydroxyl groups excluding tert-OH is 1. The fourth-order valence-electron chi connectivity index (χ4n) is 2.53. The second kappa shape index (κ2) is 3.95. The van der Waals surface area contributed by atoms with Gasteiger partial charge in [-0.25, -0.2) is 0 Å². The quantitative estimate of drug-likeness (QED) is 0.667. The van der Waals surface area contributed by atoms with Gasteiger partial charge in [-0.2, -0.15) is 0 Å². The molecular weight excluding hydrogens is 168 g/mol. The molecule has 0 aromatic carbocycles. The van der Waals surface area contributed by atoms with E-state index >= 15 is 0 Å². The first kappa shape index (κ1) is 9.44. The first-order valence-electron chi connectivity index (χ1n) is 5.12. The van der Waals surface area contributed by atoms with Crippen LogP contribution in [0.3, 0.4) is 0 Å². The molecule has 3 heteroatoms. The Morgan fingerprint density at radius 3 is 2.85 bits per heavy atom. The van der Waals surface area contributed by atoms with Crippen molar-refractivity contribution in [3.63, 3.8) is 0 Å². The molecule has 1 aliphatic heterocycles. The number of aliphatic hydroxyl groups is 1. The van der Waals surface area contributed by atoms with Crippen LogP contribution in [0.4, 0.5) is 0 Å². The number of hydrogen-bond donors (Lipinski definition) is 1. The van der Waals surface area contributed by atoms with Gasteiger partial charge in [-0.05, 0) is 31.1 Å². The van der Waals surface area contributed by atoms with Gasteiger partial charge in [0, 0.05) is 13.5 Å². The highest BCUT2D eigenvalue weighted by Crippen LogP contribution is 2.37. The molecule has 0 aromatic heterocycles. The van der Waals surface area contributed by atoms with E-state index in [-0.39, 0.29) is 12.4 Å². The Kier molecular flexibility index (Phi) is 2.86. The van der Waals surface area contributed by atoms with Crippen molar-refractivity contribution < 1.29 is 14.6 Å². The highest BCUT2D eigenvalue weighted by atomic mass is 16.7. The lowest BCUT2D eigenvalue weighted by atomic mass is 9.75. The summed E-state index contributed by atoms with van der Waals surface area (Å²) in [6, 6.07) is 0. The lowest BCUT2D eigenvalue weighted by Gasteiger charge is -2.40. The molecule has 76 valence electrons. The minimum absolute atomic E-state index is 0.00325. The lowest BCUT2D eigenvalue weighted by molar-refractivity contribution is -0.186.